The summed E-state index contributed by atoms with van der Waals surface area (Å²) in [6.07, 6.45) is 0. The zero-order valence-corrected chi connectivity index (χ0v) is 13.6. The molecule has 1 amide bonds. The van der Waals surface area contributed by atoms with Crippen LogP contribution in [-0.2, 0) is 0 Å². The molecule has 5 nitrogen and oxygen atoms in total. The second-order valence-electron chi connectivity index (χ2n) is 5.57. The van der Waals surface area contributed by atoms with Crippen molar-refractivity contribution in [3.63, 3.8) is 0 Å². The van der Waals surface area contributed by atoms with Crippen LogP contribution in [0.2, 0.25) is 0 Å². The second kappa shape index (κ2) is 5.96. The SMILES string of the molecule is Cc1ccc(C(=O)N2CCN(c3nc(C)cs3)CC2)c(O)c1. The van der Waals surface area contributed by atoms with Crippen molar-refractivity contribution in [1.29, 1.82) is 0 Å². The Bertz CT molecular complexity index is 690. The van der Waals surface area contributed by atoms with Crippen molar-refractivity contribution in [2.75, 3.05) is 31.1 Å². The first-order valence-electron chi connectivity index (χ1n) is 7.30. The van der Waals surface area contributed by atoms with E-state index in [2.05, 4.69) is 9.88 Å². The quantitative estimate of drug-likeness (QED) is 0.924. The molecule has 1 aromatic carbocycles. The van der Waals surface area contributed by atoms with E-state index in [9.17, 15) is 9.90 Å². The lowest BCUT2D eigenvalue weighted by Gasteiger charge is -2.34. The average Bonchev–Trinajstić information content (AvgIpc) is 2.93. The van der Waals surface area contributed by atoms with E-state index in [0.29, 0.717) is 18.7 Å². The van der Waals surface area contributed by atoms with Gasteiger partial charge in [0, 0.05) is 31.6 Å². The summed E-state index contributed by atoms with van der Waals surface area (Å²) in [6.45, 7) is 6.70. The zero-order valence-electron chi connectivity index (χ0n) is 12.7. The molecule has 0 unspecified atom stereocenters. The monoisotopic (exact) mass is 317 g/mol. The summed E-state index contributed by atoms with van der Waals surface area (Å²) in [4.78, 5) is 21.0. The van der Waals surface area contributed by atoms with E-state index in [-0.39, 0.29) is 11.7 Å². The molecule has 1 fully saturated rings. The number of phenolic OH excluding ortho intramolecular Hbond substituents is 1. The lowest BCUT2D eigenvalue weighted by molar-refractivity contribution is 0.0743. The summed E-state index contributed by atoms with van der Waals surface area (Å²) in [6, 6.07) is 5.17. The number of piperazine rings is 1. The molecule has 1 saturated heterocycles. The van der Waals surface area contributed by atoms with Gasteiger partial charge in [-0.25, -0.2) is 4.98 Å². The molecule has 1 aliphatic rings. The predicted molar refractivity (Wildman–Crippen MR) is 87.8 cm³/mol. The molecule has 1 N–H and O–H groups in total. The molecular weight excluding hydrogens is 298 g/mol. The fourth-order valence-electron chi connectivity index (χ4n) is 2.58. The molecule has 116 valence electrons. The van der Waals surface area contributed by atoms with Crippen molar-refractivity contribution in [2.24, 2.45) is 0 Å². The van der Waals surface area contributed by atoms with Gasteiger partial charge in [0.2, 0.25) is 0 Å². The highest BCUT2D eigenvalue weighted by atomic mass is 32.1. The Morgan fingerprint density at radius 2 is 1.95 bits per heavy atom. The summed E-state index contributed by atoms with van der Waals surface area (Å²) in [5.41, 5.74) is 2.35. The summed E-state index contributed by atoms with van der Waals surface area (Å²) in [7, 11) is 0. The number of thiazole rings is 1. The third-order valence-electron chi connectivity index (χ3n) is 3.83. The number of carbonyl (C=O) groups excluding carboxylic acids is 1. The van der Waals surface area contributed by atoms with Gasteiger partial charge in [-0.15, -0.1) is 11.3 Å². The first-order chi connectivity index (χ1) is 10.5. The van der Waals surface area contributed by atoms with E-state index < -0.39 is 0 Å². The van der Waals surface area contributed by atoms with Crippen LogP contribution >= 0.6 is 11.3 Å². The molecule has 0 bridgehead atoms. The first-order valence-corrected chi connectivity index (χ1v) is 8.18. The Morgan fingerprint density at radius 1 is 1.23 bits per heavy atom. The minimum absolute atomic E-state index is 0.0583. The van der Waals surface area contributed by atoms with Crippen LogP contribution in [0.25, 0.3) is 0 Å². The fraction of sp³-hybridized carbons (Fsp3) is 0.375. The normalized spacial score (nSPS) is 15.2. The van der Waals surface area contributed by atoms with Gasteiger partial charge in [-0.3, -0.25) is 4.79 Å². The number of aromatic nitrogens is 1. The van der Waals surface area contributed by atoms with Gasteiger partial charge in [0.05, 0.1) is 11.3 Å². The number of aryl methyl sites for hydroxylation is 2. The third-order valence-corrected chi connectivity index (χ3v) is 4.85. The van der Waals surface area contributed by atoms with Gasteiger partial charge < -0.3 is 14.9 Å². The summed E-state index contributed by atoms with van der Waals surface area (Å²) < 4.78 is 0. The van der Waals surface area contributed by atoms with Crippen molar-refractivity contribution in [3.05, 3.63) is 40.4 Å². The number of phenols is 1. The molecule has 2 heterocycles. The molecular formula is C16H19N3O2S. The number of benzene rings is 1. The molecule has 3 rings (SSSR count). The Hall–Kier alpha value is -2.08. The van der Waals surface area contributed by atoms with Gasteiger partial charge in [0.25, 0.3) is 5.91 Å². The number of hydrogen-bond donors (Lipinski definition) is 1. The molecule has 0 atom stereocenters. The predicted octanol–water partition coefficient (Wildman–Crippen LogP) is 2.43. The van der Waals surface area contributed by atoms with Crippen LogP contribution in [0.5, 0.6) is 5.75 Å². The maximum absolute atomic E-state index is 12.5. The van der Waals surface area contributed by atoms with E-state index >= 15 is 0 Å². The Balaban J connectivity index is 1.67. The highest BCUT2D eigenvalue weighted by molar-refractivity contribution is 7.13. The third kappa shape index (κ3) is 2.92. The van der Waals surface area contributed by atoms with Gasteiger partial charge in [-0.2, -0.15) is 0 Å². The van der Waals surface area contributed by atoms with Crippen molar-refractivity contribution < 1.29 is 9.90 Å². The lowest BCUT2D eigenvalue weighted by atomic mass is 10.1. The highest BCUT2D eigenvalue weighted by Gasteiger charge is 2.25. The molecule has 6 heteroatoms. The van der Waals surface area contributed by atoms with Crippen LogP contribution in [0.1, 0.15) is 21.6 Å². The average molecular weight is 317 g/mol. The molecule has 2 aromatic rings. The van der Waals surface area contributed by atoms with E-state index in [4.69, 9.17) is 0 Å². The molecule has 0 saturated carbocycles. The molecule has 22 heavy (non-hydrogen) atoms. The van der Waals surface area contributed by atoms with Crippen molar-refractivity contribution >= 4 is 22.4 Å². The van der Waals surface area contributed by atoms with E-state index in [1.807, 2.05) is 25.3 Å². The lowest BCUT2D eigenvalue weighted by Crippen LogP contribution is -2.48. The van der Waals surface area contributed by atoms with Crippen LogP contribution in [0.4, 0.5) is 5.13 Å². The van der Waals surface area contributed by atoms with Crippen LogP contribution in [0.3, 0.4) is 0 Å². The smallest absolute Gasteiger partial charge is 0.257 e. The summed E-state index contributed by atoms with van der Waals surface area (Å²) in [5, 5.41) is 13.0. The van der Waals surface area contributed by atoms with Crippen molar-refractivity contribution in [3.8, 4) is 5.75 Å². The fourth-order valence-corrected chi connectivity index (χ4v) is 3.44. The van der Waals surface area contributed by atoms with Gasteiger partial charge in [0.1, 0.15) is 5.75 Å². The molecule has 1 aromatic heterocycles. The number of nitrogens with zero attached hydrogens (tertiary/aromatic N) is 3. The first kappa shape index (κ1) is 14.8. The molecule has 0 radical (unpaired) electrons. The maximum atomic E-state index is 12.5. The van der Waals surface area contributed by atoms with Crippen LogP contribution < -0.4 is 4.90 Å². The van der Waals surface area contributed by atoms with E-state index in [1.165, 1.54) is 0 Å². The minimum Gasteiger partial charge on any atom is -0.507 e. The maximum Gasteiger partial charge on any atom is 0.257 e. The second-order valence-corrected chi connectivity index (χ2v) is 6.41. The standard InChI is InChI=1S/C16H19N3O2S/c1-11-3-4-13(14(20)9-11)15(21)18-5-7-19(8-6-18)16-17-12(2)10-22-16/h3-4,9-10,20H,5-8H2,1-2H3. The molecule has 0 spiro atoms. The van der Waals surface area contributed by atoms with Gasteiger partial charge >= 0.3 is 0 Å². The van der Waals surface area contributed by atoms with Gasteiger partial charge in [-0.1, -0.05) is 6.07 Å². The van der Waals surface area contributed by atoms with Crippen molar-refractivity contribution in [1.82, 2.24) is 9.88 Å². The number of carbonyl (C=O) groups is 1. The largest absolute Gasteiger partial charge is 0.507 e. The molecule has 0 aliphatic carbocycles. The van der Waals surface area contributed by atoms with Gasteiger partial charge in [0.15, 0.2) is 5.13 Å². The minimum atomic E-state index is -0.104. The Labute approximate surface area is 133 Å². The van der Waals surface area contributed by atoms with Crippen LogP contribution in [0.15, 0.2) is 23.6 Å². The highest BCUT2D eigenvalue weighted by Crippen LogP contribution is 2.24. The van der Waals surface area contributed by atoms with Gasteiger partial charge in [-0.05, 0) is 31.5 Å². The number of rotatable bonds is 2. The van der Waals surface area contributed by atoms with Crippen LogP contribution in [0, 0.1) is 13.8 Å². The summed E-state index contributed by atoms with van der Waals surface area (Å²) in [5.74, 6) is -0.0459. The topological polar surface area (TPSA) is 56.7 Å². The summed E-state index contributed by atoms with van der Waals surface area (Å²) >= 11 is 1.64. The van der Waals surface area contributed by atoms with Crippen LogP contribution in [-0.4, -0.2) is 47.1 Å². The number of anilines is 1. The molecule has 1 aliphatic heterocycles. The van der Waals surface area contributed by atoms with E-state index in [0.717, 1.165) is 29.5 Å². The number of aromatic hydroxyl groups is 1. The zero-order chi connectivity index (χ0) is 15.7. The Morgan fingerprint density at radius 3 is 2.55 bits per heavy atom. The van der Waals surface area contributed by atoms with Crippen molar-refractivity contribution in [2.45, 2.75) is 13.8 Å². The number of hydrogen-bond acceptors (Lipinski definition) is 5. The van der Waals surface area contributed by atoms with E-state index in [1.54, 1.807) is 28.4 Å². The Kier molecular flexibility index (Phi) is 4.02. The number of amides is 1.